The van der Waals surface area contributed by atoms with Gasteiger partial charge in [-0.05, 0) is 11.1 Å². The Hall–Kier alpha value is -2.90. The summed E-state index contributed by atoms with van der Waals surface area (Å²) in [6.07, 6.45) is 6.53. The Morgan fingerprint density at radius 1 is 1.24 bits per heavy atom. The van der Waals surface area contributed by atoms with Crippen molar-refractivity contribution >= 4 is 33.9 Å². The molecule has 0 fully saturated rings. The summed E-state index contributed by atoms with van der Waals surface area (Å²) in [5.41, 5.74) is 3.67. The molecule has 1 aromatic carbocycles. The van der Waals surface area contributed by atoms with Gasteiger partial charge in [-0.25, -0.2) is 9.78 Å². The number of nitrogens with one attached hydrogen (secondary N) is 1. The van der Waals surface area contributed by atoms with Crippen molar-refractivity contribution in [1.29, 1.82) is 0 Å². The second-order valence-electron chi connectivity index (χ2n) is 5.55. The van der Waals surface area contributed by atoms with E-state index in [1.165, 1.54) is 10.8 Å². The van der Waals surface area contributed by atoms with Crippen molar-refractivity contribution in [3.63, 3.8) is 0 Å². The highest BCUT2D eigenvalue weighted by atomic mass is 32.1. The van der Waals surface area contributed by atoms with Crippen LogP contribution in [0.25, 0.3) is 16.8 Å². The van der Waals surface area contributed by atoms with Gasteiger partial charge in [0.05, 0.1) is 17.4 Å². The van der Waals surface area contributed by atoms with Gasteiger partial charge in [0.1, 0.15) is 6.10 Å². The predicted molar refractivity (Wildman–Crippen MR) is 99.4 cm³/mol. The summed E-state index contributed by atoms with van der Waals surface area (Å²) >= 11 is 5.68. The van der Waals surface area contributed by atoms with Crippen LogP contribution in [0.5, 0.6) is 0 Å². The third-order valence-electron chi connectivity index (χ3n) is 4.16. The Kier molecular flexibility index (Phi) is 3.87. The molecule has 1 aliphatic carbocycles. The van der Waals surface area contributed by atoms with Crippen molar-refractivity contribution in [2.24, 2.45) is 0 Å². The molecule has 0 saturated carbocycles. The standard InChI is InChI=1S/C18H14N4O2S/c1-24-15-12(11-5-3-2-4-6-11)7-8-13(16(15)25)14-9-21-22-17(14)19-10-20-18(22)23/h2-10,15H,1H3,(H,19,20,23). The molecular formula is C18H14N4O2S. The Morgan fingerprint density at radius 3 is 2.80 bits per heavy atom. The summed E-state index contributed by atoms with van der Waals surface area (Å²) in [4.78, 5) is 19.2. The first-order valence-electron chi connectivity index (χ1n) is 7.67. The van der Waals surface area contributed by atoms with Crippen molar-refractivity contribution in [2.75, 3.05) is 7.11 Å². The minimum atomic E-state index is -0.352. The Labute approximate surface area is 148 Å². The number of nitrogens with zero attached hydrogens (tertiary/aromatic N) is 3. The van der Waals surface area contributed by atoms with Crippen LogP contribution in [0.3, 0.4) is 0 Å². The number of rotatable bonds is 3. The minimum absolute atomic E-state index is 0.345. The molecule has 0 aliphatic heterocycles. The highest BCUT2D eigenvalue weighted by Crippen LogP contribution is 2.33. The summed E-state index contributed by atoms with van der Waals surface area (Å²) in [6.45, 7) is 0. The third kappa shape index (κ3) is 2.54. The molecule has 4 rings (SSSR count). The summed E-state index contributed by atoms with van der Waals surface area (Å²) in [6, 6.07) is 9.97. The number of fused-ring (bicyclic) bond motifs is 1. The van der Waals surface area contributed by atoms with Gasteiger partial charge >= 0.3 is 5.69 Å². The number of hydrogen-bond acceptors (Lipinski definition) is 5. The predicted octanol–water partition coefficient (Wildman–Crippen LogP) is 2.28. The van der Waals surface area contributed by atoms with Crippen molar-refractivity contribution in [2.45, 2.75) is 6.10 Å². The van der Waals surface area contributed by atoms with Crippen LogP contribution < -0.4 is 5.69 Å². The first-order chi connectivity index (χ1) is 12.2. The first kappa shape index (κ1) is 15.6. The monoisotopic (exact) mass is 350 g/mol. The van der Waals surface area contributed by atoms with E-state index in [9.17, 15) is 4.79 Å². The molecule has 0 amide bonds. The smallest absolute Gasteiger partial charge is 0.349 e. The van der Waals surface area contributed by atoms with Crippen LogP contribution in [0.4, 0.5) is 0 Å². The number of hydrogen-bond donors (Lipinski definition) is 1. The fourth-order valence-corrected chi connectivity index (χ4v) is 3.38. The molecular weight excluding hydrogens is 336 g/mol. The normalized spacial score (nSPS) is 17.5. The molecule has 1 unspecified atom stereocenters. The van der Waals surface area contributed by atoms with Gasteiger partial charge < -0.3 is 4.74 Å². The first-order valence-corrected chi connectivity index (χ1v) is 8.07. The fourth-order valence-electron chi connectivity index (χ4n) is 2.97. The number of allylic oxidation sites excluding steroid dienone is 2. The van der Waals surface area contributed by atoms with E-state index in [0.717, 1.165) is 16.7 Å². The average molecular weight is 350 g/mol. The van der Waals surface area contributed by atoms with Crippen molar-refractivity contribution in [3.05, 3.63) is 76.6 Å². The lowest BCUT2D eigenvalue weighted by Crippen LogP contribution is -2.26. The zero-order chi connectivity index (χ0) is 17.4. The maximum Gasteiger partial charge on any atom is 0.349 e. The maximum absolute atomic E-state index is 11.8. The largest absolute Gasteiger partial charge is 0.371 e. The van der Waals surface area contributed by atoms with E-state index in [2.05, 4.69) is 15.1 Å². The highest BCUT2D eigenvalue weighted by molar-refractivity contribution is 7.81. The third-order valence-corrected chi connectivity index (χ3v) is 4.59. The molecule has 1 N–H and O–H groups in total. The van der Waals surface area contributed by atoms with Gasteiger partial charge in [-0.3, -0.25) is 4.98 Å². The molecule has 25 heavy (non-hydrogen) atoms. The lowest BCUT2D eigenvalue weighted by atomic mass is 9.88. The van der Waals surface area contributed by atoms with E-state index >= 15 is 0 Å². The second-order valence-corrected chi connectivity index (χ2v) is 5.99. The van der Waals surface area contributed by atoms with Crippen LogP contribution in [0.15, 0.2) is 59.8 Å². The van der Waals surface area contributed by atoms with Crippen molar-refractivity contribution in [3.8, 4) is 0 Å². The molecule has 3 aromatic rings. The highest BCUT2D eigenvalue weighted by Gasteiger charge is 2.28. The molecule has 6 nitrogen and oxygen atoms in total. The molecule has 0 bridgehead atoms. The number of aromatic nitrogens is 4. The molecule has 124 valence electrons. The zero-order valence-electron chi connectivity index (χ0n) is 13.3. The summed E-state index contributed by atoms with van der Waals surface area (Å²) in [5.74, 6) is 0. The maximum atomic E-state index is 11.8. The van der Waals surface area contributed by atoms with E-state index in [1.54, 1.807) is 13.3 Å². The SMILES string of the molecule is COC1C(=S)C(c2cnn3c(=O)[nH]cnc23)=CC=C1c1ccccc1. The van der Waals surface area contributed by atoms with E-state index in [1.807, 2.05) is 42.5 Å². The Balaban J connectivity index is 1.87. The van der Waals surface area contributed by atoms with Gasteiger partial charge in [-0.15, -0.1) is 0 Å². The van der Waals surface area contributed by atoms with E-state index < -0.39 is 0 Å². The molecule has 0 radical (unpaired) electrons. The van der Waals surface area contributed by atoms with Gasteiger partial charge in [-0.2, -0.15) is 9.61 Å². The van der Waals surface area contributed by atoms with Crippen molar-refractivity contribution < 1.29 is 4.74 Å². The number of aromatic amines is 1. The molecule has 2 heterocycles. The molecule has 0 saturated heterocycles. The van der Waals surface area contributed by atoms with Crippen LogP contribution in [-0.2, 0) is 4.74 Å². The molecule has 0 spiro atoms. The summed E-state index contributed by atoms with van der Waals surface area (Å²) in [5, 5.41) is 4.10. The molecule has 7 heteroatoms. The topological polar surface area (TPSA) is 72.3 Å². The Bertz CT molecular complexity index is 1080. The molecule has 1 atom stereocenters. The number of H-pyrrole nitrogens is 1. The van der Waals surface area contributed by atoms with Crippen LogP contribution in [0.2, 0.25) is 0 Å². The van der Waals surface area contributed by atoms with E-state index in [-0.39, 0.29) is 11.8 Å². The lowest BCUT2D eigenvalue weighted by molar-refractivity contribution is 0.200. The summed E-state index contributed by atoms with van der Waals surface area (Å²) in [7, 11) is 1.63. The van der Waals surface area contributed by atoms with Crippen LogP contribution in [0, 0.1) is 0 Å². The van der Waals surface area contributed by atoms with Gasteiger partial charge in [0.25, 0.3) is 0 Å². The second kappa shape index (κ2) is 6.19. The van der Waals surface area contributed by atoms with Crippen LogP contribution in [-0.4, -0.2) is 37.7 Å². The number of methoxy groups -OCH3 is 1. The van der Waals surface area contributed by atoms with E-state index in [4.69, 9.17) is 17.0 Å². The quantitative estimate of drug-likeness (QED) is 0.734. The zero-order valence-corrected chi connectivity index (χ0v) is 14.2. The van der Waals surface area contributed by atoms with Gasteiger partial charge in [-0.1, -0.05) is 54.7 Å². The number of benzene rings is 1. The average Bonchev–Trinajstić information content (AvgIpc) is 3.07. The number of thiocarbonyl (C=S) groups is 1. The minimum Gasteiger partial charge on any atom is -0.371 e. The van der Waals surface area contributed by atoms with Gasteiger partial charge in [0, 0.05) is 18.2 Å². The lowest BCUT2D eigenvalue weighted by Gasteiger charge is -2.25. The molecule has 1 aliphatic rings. The van der Waals surface area contributed by atoms with Gasteiger partial charge in [0.2, 0.25) is 0 Å². The van der Waals surface area contributed by atoms with Crippen LogP contribution >= 0.6 is 12.2 Å². The molecule has 2 aromatic heterocycles. The fraction of sp³-hybridized carbons (Fsp3) is 0.111. The summed E-state index contributed by atoms with van der Waals surface area (Å²) < 4.78 is 6.89. The number of ether oxygens (including phenoxy) is 1. The van der Waals surface area contributed by atoms with Gasteiger partial charge in [0.15, 0.2) is 5.65 Å². The van der Waals surface area contributed by atoms with Crippen LogP contribution in [0.1, 0.15) is 11.1 Å². The van der Waals surface area contributed by atoms with E-state index in [0.29, 0.717) is 16.1 Å². The van der Waals surface area contributed by atoms with Crippen molar-refractivity contribution in [1.82, 2.24) is 19.6 Å². The Morgan fingerprint density at radius 2 is 2.04 bits per heavy atom.